The smallest absolute Gasteiger partial charge is 0.449 e. The number of carboxylic acid groups (broad SMARTS) is 1. The molecular weight excluding hydrogens is 533 g/mol. The number of hydrogen-bond donors (Lipinski definition) is 1. The van der Waals surface area contributed by atoms with Gasteiger partial charge in [-0.1, -0.05) is 35.9 Å². The Bertz CT molecular complexity index is 1570. The van der Waals surface area contributed by atoms with E-state index in [1.807, 2.05) is 25.1 Å². The number of piperidine rings is 1. The van der Waals surface area contributed by atoms with Crippen molar-refractivity contribution in [1.29, 1.82) is 0 Å². The lowest BCUT2D eigenvalue weighted by Crippen LogP contribution is -2.34. The van der Waals surface area contributed by atoms with Gasteiger partial charge in [-0.25, -0.2) is 14.5 Å². The first-order valence-corrected chi connectivity index (χ1v) is 13.7. The van der Waals surface area contributed by atoms with Gasteiger partial charge in [0.15, 0.2) is 17.3 Å². The number of benzene rings is 2. The van der Waals surface area contributed by atoms with Gasteiger partial charge in [0.05, 0.1) is 11.9 Å². The number of hydrogen-bond acceptors (Lipinski definition) is 5. The molecule has 1 saturated heterocycles. The average molecular weight is 563 g/mol. The Morgan fingerprint density at radius 3 is 2.32 bits per heavy atom. The Labute approximate surface area is 235 Å². The van der Waals surface area contributed by atoms with Gasteiger partial charge in [-0.2, -0.15) is 18.3 Å². The van der Waals surface area contributed by atoms with Crippen molar-refractivity contribution < 1.29 is 27.8 Å². The van der Waals surface area contributed by atoms with Crippen molar-refractivity contribution in [3.05, 3.63) is 78.1 Å². The zero-order valence-corrected chi connectivity index (χ0v) is 22.4. The molecule has 2 aromatic heterocycles. The van der Waals surface area contributed by atoms with Crippen LogP contribution >= 0.6 is 0 Å². The Morgan fingerprint density at radius 1 is 0.951 bits per heavy atom. The summed E-state index contributed by atoms with van der Waals surface area (Å²) in [7, 11) is 0. The number of halogens is 3. The van der Waals surface area contributed by atoms with E-state index in [1.165, 1.54) is 37.4 Å². The molecular formula is C31H29F3N4O3. The molecule has 41 heavy (non-hydrogen) atoms. The molecule has 3 heterocycles. The molecule has 0 amide bonds. The molecule has 1 aliphatic heterocycles. The summed E-state index contributed by atoms with van der Waals surface area (Å²) in [6.07, 6.45) is -0.806. The van der Waals surface area contributed by atoms with Crippen molar-refractivity contribution in [1.82, 2.24) is 14.8 Å². The fourth-order valence-electron chi connectivity index (χ4n) is 5.80. The summed E-state index contributed by atoms with van der Waals surface area (Å²) >= 11 is 0. The van der Waals surface area contributed by atoms with Gasteiger partial charge in [-0.3, -0.25) is 0 Å². The van der Waals surface area contributed by atoms with Crippen LogP contribution in [0.3, 0.4) is 0 Å². The van der Waals surface area contributed by atoms with Gasteiger partial charge in [-0.15, -0.1) is 0 Å². The average Bonchev–Trinajstić information content (AvgIpc) is 3.72. The van der Waals surface area contributed by atoms with Crippen molar-refractivity contribution in [3.63, 3.8) is 0 Å². The molecule has 2 aliphatic rings. The van der Waals surface area contributed by atoms with Crippen LogP contribution in [0.5, 0.6) is 5.75 Å². The normalized spacial score (nSPS) is 16.1. The number of pyridine rings is 1. The Balaban J connectivity index is 1.32. The maximum absolute atomic E-state index is 13.9. The third-order valence-electron chi connectivity index (χ3n) is 7.98. The highest BCUT2D eigenvalue weighted by Gasteiger charge is 2.41. The Hall–Kier alpha value is -4.34. The minimum atomic E-state index is -4.93. The molecule has 1 N–H and O–H groups in total. The van der Waals surface area contributed by atoms with Crippen molar-refractivity contribution in [2.45, 2.75) is 38.8 Å². The van der Waals surface area contributed by atoms with Crippen molar-refractivity contribution in [3.8, 4) is 34.0 Å². The molecule has 0 spiro atoms. The molecule has 2 aromatic carbocycles. The van der Waals surface area contributed by atoms with Gasteiger partial charge >= 0.3 is 12.3 Å². The molecule has 10 heteroatoms. The number of aromatic nitrogens is 3. The van der Waals surface area contributed by atoms with Crippen molar-refractivity contribution in [2.24, 2.45) is 11.8 Å². The lowest BCUT2D eigenvalue weighted by atomic mass is 9.91. The molecule has 6 rings (SSSR count). The van der Waals surface area contributed by atoms with Gasteiger partial charge in [0.25, 0.3) is 0 Å². The third kappa shape index (κ3) is 5.64. The Morgan fingerprint density at radius 2 is 1.66 bits per heavy atom. The molecule has 0 unspecified atom stereocenters. The standard InChI is InChI=1S/C31H29F3N4O3/c1-19-5-12-24(22-8-10-23(11-9-22)37-15-13-21(14-16-37)20-6-7-20)25(17-19)26-3-2-4-28(36-26)38-29(31(32,33)34)27(18-35-38)41-30(39)40/h2-5,8-12,17-18,20-21H,6-7,13-16H2,1H3,(H,39,40). The first kappa shape index (κ1) is 26.9. The summed E-state index contributed by atoms with van der Waals surface area (Å²) in [4.78, 5) is 17.9. The quantitative estimate of drug-likeness (QED) is 0.244. The van der Waals surface area contributed by atoms with E-state index in [4.69, 9.17) is 5.11 Å². The monoisotopic (exact) mass is 562 g/mol. The molecule has 0 radical (unpaired) electrons. The van der Waals surface area contributed by atoms with Crippen LogP contribution in [-0.2, 0) is 6.18 Å². The van der Waals surface area contributed by atoms with Crippen LogP contribution in [0.15, 0.2) is 66.9 Å². The molecule has 0 bridgehead atoms. The van der Waals surface area contributed by atoms with E-state index in [0.717, 1.165) is 53.4 Å². The number of rotatable bonds is 6. The van der Waals surface area contributed by atoms with Gasteiger partial charge in [-0.05, 0) is 85.9 Å². The number of aryl methyl sites for hydroxylation is 1. The Kier molecular flexibility index (Phi) is 6.93. The lowest BCUT2D eigenvalue weighted by molar-refractivity contribution is -0.143. The topological polar surface area (TPSA) is 80.5 Å². The van der Waals surface area contributed by atoms with Crippen LogP contribution in [0.4, 0.5) is 23.7 Å². The molecule has 212 valence electrons. The molecule has 1 aliphatic carbocycles. The van der Waals surface area contributed by atoms with E-state index in [9.17, 15) is 18.0 Å². The summed E-state index contributed by atoms with van der Waals surface area (Å²) in [6, 6.07) is 19.0. The van der Waals surface area contributed by atoms with Crippen LogP contribution < -0.4 is 9.64 Å². The van der Waals surface area contributed by atoms with Gasteiger partial charge in [0.1, 0.15) is 0 Å². The summed E-state index contributed by atoms with van der Waals surface area (Å²) in [5.41, 5.74) is 3.88. The summed E-state index contributed by atoms with van der Waals surface area (Å²) in [5, 5.41) is 12.6. The SMILES string of the molecule is Cc1ccc(-c2ccc(N3CCC(C4CC4)CC3)cc2)c(-c2cccc(-n3ncc(OC(=O)O)c3C(F)(F)F)n2)c1. The zero-order valence-electron chi connectivity index (χ0n) is 22.4. The predicted molar refractivity (Wildman–Crippen MR) is 148 cm³/mol. The summed E-state index contributed by atoms with van der Waals surface area (Å²) in [5.74, 6) is 0.784. The van der Waals surface area contributed by atoms with Crippen LogP contribution in [0.1, 0.15) is 36.9 Å². The molecule has 4 aromatic rings. The summed E-state index contributed by atoms with van der Waals surface area (Å²) < 4.78 is 46.6. The number of nitrogens with zero attached hydrogens (tertiary/aromatic N) is 4. The molecule has 2 fully saturated rings. The van der Waals surface area contributed by atoms with Crippen molar-refractivity contribution >= 4 is 11.8 Å². The fraction of sp³-hybridized carbons (Fsp3) is 0.323. The second-order valence-corrected chi connectivity index (χ2v) is 10.8. The van der Waals surface area contributed by atoms with E-state index < -0.39 is 23.8 Å². The minimum Gasteiger partial charge on any atom is -0.449 e. The van der Waals surface area contributed by atoms with Crippen molar-refractivity contribution in [2.75, 3.05) is 18.0 Å². The van der Waals surface area contributed by atoms with E-state index in [2.05, 4.69) is 44.0 Å². The molecule has 0 atom stereocenters. The van der Waals surface area contributed by atoms with Crippen LogP contribution in [-0.4, -0.2) is 39.1 Å². The van der Waals surface area contributed by atoms with Crippen LogP contribution in [0.25, 0.3) is 28.2 Å². The highest BCUT2D eigenvalue weighted by Crippen LogP contribution is 2.43. The van der Waals surface area contributed by atoms with Crippen LogP contribution in [0, 0.1) is 18.8 Å². The van der Waals surface area contributed by atoms with E-state index >= 15 is 0 Å². The fourth-order valence-corrected chi connectivity index (χ4v) is 5.80. The van der Waals surface area contributed by atoms with Gasteiger partial charge < -0.3 is 14.7 Å². The molecule has 1 saturated carbocycles. The zero-order chi connectivity index (χ0) is 28.7. The minimum absolute atomic E-state index is 0.118. The number of carbonyl (C=O) groups is 1. The van der Waals surface area contributed by atoms with E-state index in [1.54, 1.807) is 12.1 Å². The van der Waals surface area contributed by atoms with Gasteiger partial charge in [0, 0.05) is 24.3 Å². The third-order valence-corrected chi connectivity index (χ3v) is 7.98. The predicted octanol–water partition coefficient (Wildman–Crippen LogP) is 7.61. The number of alkyl halides is 3. The lowest BCUT2D eigenvalue weighted by Gasteiger charge is -2.33. The highest BCUT2D eigenvalue weighted by molar-refractivity contribution is 5.83. The van der Waals surface area contributed by atoms with E-state index in [-0.39, 0.29) is 5.82 Å². The first-order chi connectivity index (χ1) is 19.7. The maximum atomic E-state index is 13.9. The molecule has 7 nitrogen and oxygen atoms in total. The maximum Gasteiger partial charge on any atom is 0.511 e. The first-order valence-electron chi connectivity index (χ1n) is 13.7. The second kappa shape index (κ2) is 10.6. The second-order valence-electron chi connectivity index (χ2n) is 10.8. The highest BCUT2D eigenvalue weighted by atomic mass is 19.4. The largest absolute Gasteiger partial charge is 0.511 e. The summed E-state index contributed by atoms with van der Waals surface area (Å²) in [6.45, 7) is 4.08. The van der Waals surface area contributed by atoms with Crippen LogP contribution in [0.2, 0.25) is 0 Å². The number of ether oxygens (including phenoxy) is 1. The van der Waals surface area contributed by atoms with E-state index in [0.29, 0.717) is 10.4 Å². The van der Waals surface area contributed by atoms with Gasteiger partial charge in [0.2, 0.25) is 0 Å². The number of anilines is 1.